The number of aryl methyl sites for hydroxylation is 1. The second kappa shape index (κ2) is 4.71. The van der Waals surface area contributed by atoms with E-state index < -0.39 is 0 Å². The van der Waals surface area contributed by atoms with Crippen LogP contribution in [0, 0.1) is 5.41 Å². The number of nitrogens with two attached hydrogens (primary N) is 1. The van der Waals surface area contributed by atoms with Crippen LogP contribution in [0.4, 0.5) is 0 Å². The van der Waals surface area contributed by atoms with Crippen molar-refractivity contribution in [2.24, 2.45) is 5.73 Å². The molecule has 0 bridgehead atoms. The molecule has 1 aromatic carbocycles. The van der Waals surface area contributed by atoms with Crippen molar-refractivity contribution in [3.05, 3.63) is 46.5 Å². The van der Waals surface area contributed by atoms with Crippen molar-refractivity contribution in [1.29, 1.82) is 5.41 Å². The van der Waals surface area contributed by atoms with Gasteiger partial charge in [-0.25, -0.2) is 4.98 Å². The zero-order valence-corrected chi connectivity index (χ0v) is 11.0. The summed E-state index contributed by atoms with van der Waals surface area (Å²) >= 11 is 3.43. The first kappa shape index (κ1) is 11.9. The number of nitrogen functional groups attached to an aromatic ring is 1. The minimum absolute atomic E-state index is 0.0600. The number of hydrogen-bond acceptors (Lipinski definition) is 2. The molecule has 0 amide bonds. The predicted molar refractivity (Wildman–Crippen MR) is 71.7 cm³/mol. The lowest BCUT2D eigenvalue weighted by Crippen LogP contribution is -2.12. The molecule has 0 saturated carbocycles. The number of benzene rings is 1. The van der Waals surface area contributed by atoms with E-state index in [0.29, 0.717) is 5.56 Å². The molecule has 88 valence electrons. The highest BCUT2D eigenvalue weighted by atomic mass is 79.9. The summed E-state index contributed by atoms with van der Waals surface area (Å²) in [6, 6.07) is 5.71. The van der Waals surface area contributed by atoms with Gasteiger partial charge in [-0.3, -0.25) is 5.41 Å². The van der Waals surface area contributed by atoms with Crippen molar-refractivity contribution >= 4 is 21.8 Å². The second-order valence-corrected chi connectivity index (χ2v) is 4.50. The lowest BCUT2D eigenvalue weighted by atomic mass is 10.2. The van der Waals surface area contributed by atoms with Crippen LogP contribution in [0.1, 0.15) is 18.3 Å². The number of halogens is 1. The number of aromatic nitrogens is 2. The van der Waals surface area contributed by atoms with Gasteiger partial charge in [-0.2, -0.15) is 0 Å². The lowest BCUT2D eigenvalue weighted by molar-refractivity contribution is 0.891. The van der Waals surface area contributed by atoms with Gasteiger partial charge in [0.15, 0.2) is 0 Å². The summed E-state index contributed by atoms with van der Waals surface area (Å²) in [7, 11) is 0. The van der Waals surface area contributed by atoms with Gasteiger partial charge in [-0.15, -0.1) is 0 Å². The van der Waals surface area contributed by atoms with Crippen LogP contribution in [-0.4, -0.2) is 15.4 Å². The van der Waals surface area contributed by atoms with Crippen molar-refractivity contribution in [3.63, 3.8) is 0 Å². The van der Waals surface area contributed by atoms with Gasteiger partial charge in [0.05, 0.1) is 0 Å². The van der Waals surface area contributed by atoms with Crippen LogP contribution in [-0.2, 0) is 6.42 Å². The average Bonchev–Trinajstić information content (AvgIpc) is 2.76. The Morgan fingerprint density at radius 2 is 2.29 bits per heavy atom. The number of amidine groups is 1. The molecule has 0 saturated heterocycles. The van der Waals surface area contributed by atoms with E-state index in [-0.39, 0.29) is 5.84 Å². The van der Waals surface area contributed by atoms with Crippen molar-refractivity contribution in [2.75, 3.05) is 0 Å². The molecule has 17 heavy (non-hydrogen) atoms. The van der Waals surface area contributed by atoms with Gasteiger partial charge in [-0.1, -0.05) is 6.92 Å². The normalized spacial score (nSPS) is 10.5. The Morgan fingerprint density at radius 3 is 2.88 bits per heavy atom. The molecule has 1 heterocycles. The summed E-state index contributed by atoms with van der Waals surface area (Å²) in [4.78, 5) is 4.28. The van der Waals surface area contributed by atoms with E-state index in [0.717, 1.165) is 22.4 Å². The molecule has 0 aliphatic carbocycles. The first-order valence-electron chi connectivity index (χ1n) is 5.30. The topological polar surface area (TPSA) is 67.7 Å². The molecule has 1 aromatic heterocycles. The molecule has 0 atom stereocenters. The van der Waals surface area contributed by atoms with E-state index in [4.69, 9.17) is 11.1 Å². The summed E-state index contributed by atoms with van der Waals surface area (Å²) in [5.74, 6) is 1.07. The van der Waals surface area contributed by atoms with Crippen molar-refractivity contribution < 1.29 is 0 Å². The monoisotopic (exact) mass is 292 g/mol. The molecule has 3 N–H and O–H groups in total. The quantitative estimate of drug-likeness (QED) is 0.674. The van der Waals surface area contributed by atoms with E-state index in [2.05, 4.69) is 27.8 Å². The molecule has 4 nitrogen and oxygen atoms in total. The molecule has 5 heteroatoms. The van der Waals surface area contributed by atoms with Crippen LogP contribution in [0.2, 0.25) is 0 Å². The number of rotatable bonds is 3. The zero-order chi connectivity index (χ0) is 12.4. The highest BCUT2D eigenvalue weighted by molar-refractivity contribution is 9.10. The summed E-state index contributed by atoms with van der Waals surface area (Å²) in [5.41, 5.74) is 7.18. The van der Waals surface area contributed by atoms with Gasteiger partial charge in [0.1, 0.15) is 11.7 Å². The fourth-order valence-electron chi connectivity index (χ4n) is 1.70. The van der Waals surface area contributed by atoms with Gasteiger partial charge in [0, 0.05) is 34.5 Å². The van der Waals surface area contributed by atoms with E-state index in [1.54, 1.807) is 6.20 Å². The van der Waals surface area contributed by atoms with Crippen molar-refractivity contribution in [1.82, 2.24) is 9.55 Å². The predicted octanol–water partition coefficient (Wildman–Crippen LogP) is 2.48. The Labute approximate surface area is 108 Å². The zero-order valence-electron chi connectivity index (χ0n) is 9.44. The van der Waals surface area contributed by atoms with Gasteiger partial charge in [-0.05, 0) is 34.1 Å². The largest absolute Gasteiger partial charge is 0.384 e. The summed E-state index contributed by atoms with van der Waals surface area (Å²) < 4.78 is 2.84. The van der Waals surface area contributed by atoms with Crippen LogP contribution in [0.3, 0.4) is 0 Å². The average molecular weight is 293 g/mol. The number of nitrogens with one attached hydrogen (secondary N) is 1. The van der Waals surface area contributed by atoms with Crippen molar-refractivity contribution in [2.45, 2.75) is 13.3 Å². The van der Waals surface area contributed by atoms with Gasteiger partial charge >= 0.3 is 0 Å². The van der Waals surface area contributed by atoms with Crippen LogP contribution in [0.25, 0.3) is 5.69 Å². The first-order valence-corrected chi connectivity index (χ1v) is 6.09. The van der Waals surface area contributed by atoms with Crippen LogP contribution >= 0.6 is 15.9 Å². The maximum Gasteiger partial charge on any atom is 0.123 e. The molecular formula is C12H13BrN4. The lowest BCUT2D eigenvalue weighted by Gasteiger charge is -2.09. The molecule has 0 fully saturated rings. The standard InChI is InChI=1S/C12H13BrN4/c1-2-11-16-5-6-17(11)8-3-4-9(12(14)15)10(13)7-8/h3-7H,2H2,1H3,(H3,14,15). The van der Waals surface area contributed by atoms with E-state index >= 15 is 0 Å². The fourth-order valence-corrected chi connectivity index (χ4v) is 2.28. The molecular weight excluding hydrogens is 280 g/mol. The van der Waals surface area contributed by atoms with Gasteiger partial charge < -0.3 is 10.3 Å². The molecule has 0 spiro atoms. The number of nitrogens with zero attached hydrogens (tertiary/aromatic N) is 2. The Morgan fingerprint density at radius 1 is 1.53 bits per heavy atom. The molecule has 0 radical (unpaired) electrons. The molecule has 2 aromatic rings. The maximum absolute atomic E-state index is 7.43. The third kappa shape index (κ3) is 2.24. The highest BCUT2D eigenvalue weighted by Crippen LogP contribution is 2.21. The highest BCUT2D eigenvalue weighted by Gasteiger charge is 2.07. The minimum atomic E-state index is 0.0600. The van der Waals surface area contributed by atoms with Crippen LogP contribution in [0.15, 0.2) is 35.1 Å². The first-order chi connectivity index (χ1) is 8.13. The second-order valence-electron chi connectivity index (χ2n) is 3.64. The Bertz CT molecular complexity index is 559. The van der Waals surface area contributed by atoms with Gasteiger partial charge in [0.25, 0.3) is 0 Å². The smallest absolute Gasteiger partial charge is 0.123 e. The van der Waals surface area contributed by atoms with Crippen LogP contribution < -0.4 is 5.73 Å². The van der Waals surface area contributed by atoms with Crippen molar-refractivity contribution in [3.8, 4) is 5.69 Å². The third-order valence-electron chi connectivity index (χ3n) is 2.55. The number of hydrogen-bond donors (Lipinski definition) is 2. The van der Waals surface area contributed by atoms with Crippen LogP contribution in [0.5, 0.6) is 0 Å². The Hall–Kier alpha value is -1.62. The fraction of sp³-hybridized carbons (Fsp3) is 0.167. The Kier molecular flexibility index (Phi) is 3.28. The van der Waals surface area contributed by atoms with E-state index in [9.17, 15) is 0 Å². The maximum atomic E-state index is 7.43. The molecule has 0 aliphatic rings. The molecule has 0 unspecified atom stereocenters. The summed E-state index contributed by atoms with van der Waals surface area (Å²) in [6.45, 7) is 2.07. The SMILES string of the molecule is CCc1nccn1-c1ccc(C(=N)N)c(Br)c1. The Balaban J connectivity index is 2.48. The number of imidazole rings is 1. The third-order valence-corrected chi connectivity index (χ3v) is 3.21. The molecule has 2 rings (SSSR count). The summed E-state index contributed by atoms with van der Waals surface area (Å²) in [6.07, 6.45) is 4.58. The molecule has 0 aliphatic heterocycles. The minimum Gasteiger partial charge on any atom is -0.384 e. The van der Waals surface area contributed by atoms with Gasteiger partial charge in [0.2, 0.25) is 0 Å². The van der Waals surface area contributed by atoms with E-state index in [1.807, 2.05) is 29.0 Å². The van der Waals surface area contributed by atoms with E-state index in [1.165, 1.54) is 0 Å². The summed E-state index contributed by atoms with van der Waals surface area (Å²) in [5, 5.41) is 7.43.